The Kier molecular flexibility index (Phi) is 5.13. The number of barbiturate groups is 1. The maximum absolute atomic E-state index is 13.0. The molecule has 1 fully saturated rings. The molecule has 2 aromatic carbocycles. The number of hydrogen-bond donors (Lipinski definition) is 1. The third kappa shape index (κ3) is 3.48. The second-order valence-corrected chi connectivity index (χ2v) is 7.85. The summed E-state index contributed by atoms with van der Waals surface area (Å²) in [5, 5.41) is 2.25. The van der Waals surface area contributed by atoms with Crippen molar-refractivity contribution < 1.29 is 14.4 Å². The number of aryl methyl sites for hydroxylation is 1. The fraction of sp³-hybridized carbons (Fsp3) is 0.0870. The molecule has 0 unspecified atom stereocenters. The summed E-state index contributed by atoms with van der Waals surface area (Å²) in [6.45, 7) is 3.88. The van der Waals surface area contributed by atoms with E-state index in [9.17, 15) is 14.4 Å². The Morgan fingerprint density at radius 2 is 1.60 bits per heavy atom. The highest BCUT2D eigenvalue weighted by Gasteiger charge is 2.36. The number of rotatable bonds is 3. The maximum atomic E-state index is 13.0. The number of halogens is 1. The van der Waals surface area contributed by atoms with E-state index in [1.54, 1.807) is 30.3 Å². The average Bonchev–Trinajstić information content (AvgIpc) is 2.99. The molecule has 0 spiro atoms. The summed E-state index contributed by atoms with van der Waals surface area (Å²) in [6.07, 6.45) is 1.54. The average molecular weight is 464 g/mol. The minimum atomic E-state index is -0.757. The van der Waals surface area contributed by atoms with Gasteiger partial charge in [-0.3, -0.25) is 14.9 Å². The van der Waals surface area contributed by atoms with Crippen LogP contribution in [0.5, 0.6) is 0 Å². The normalized spacial score (nSPS) is 15.6. The first kappa shape index (κ1) is 19.8. The lowest BCUT2D eigenvalue weighted by Gasteiger charge is -2.26. The van der Waals surface area contributed by atoms with Crippen molar-refractivity contribution in [1.29, 1.82) is 0 Å². The quantitative estimate of drug-likeness (QED) is 0.458. The molecular weight excluding hydrogens is 446 g/mol. The summed E-state index contributed by atoms with van der Waals surface area (Å²) in [7, 11) is 0. The zero-order chi connectivity index (χ0) is 21.4. The predicted molar refractivity (Wildman–Crippen MR) is 118 cm³/mol. The molecule has 7 heteroatoms. The highest BCUT2D eigenvalue weighted by Crippen LogP contribution is 2.26. The van der Waals surface area contributed by atoms with Crippen LogP contribution in [0.25, 0.3) is 11.8 Å². The van der Waals surface area contributed by atoms with Crippen molar-refractivity contribution in [2.24, 2.45) is 0 Å². The molecule has 4 amide bonds. The lowest BCUT2D eigenvalue weighted by molar-refractivity contribution is -0.122. The van der Waals surface area contributed by atoms with Crippen molar-refractivity contribution in [1.82, 2.24) is 9.88 Å². The number of hydrogen-bond acceptors (Lipinski definition) is 3. The number of anilines is 1. The van der Waals surface area contributed by atoms with Crippen LogP contribution in [0.15, 0.2) is 70.7 Å². The number of amides is 4. The number of para-hydroxylation sites is 1. The topological polar surface area (TPSA) is 71.4 Å². The molecule has 0 radical (unpaired) electrons. The third-order valence-electron chi connectivity index (χ3n) is 4.95. The van der Waals surface area contributed by atoms with Gasteiger partial charge in [-0.25, -0.2) is 9.69 Å². The van der Waals surface area contributed by atoms with E-state index in [0.717, 1.165) is 32.0 Å². The predicted octanol–water partition coefficient (Wildman–Crippen LogP) is 4.52. The molecule has 1 saturated heterocycles. The van der Waals surface area contributed by atoms with Crippen LogP contribution < -0.4 is 10.2 Å². The Hall–Kier alpha value is -3.45. The number of nitrogens with one attached hydrogen (secondary N) is 1. The van der Waals surface area contributed by atoms with Gasteiger partial charge >= 0.3 is 6.03 Å². The summed E-state index contributed by atoms with van der Waals surface area (Å²) in [5.74, 6) is -1.35. The lowest BCUT2D eigenvalue weighted by atomic mass is 10.1. The second kappa shape index (κ2) is 7.76. The molecule has 6 nitrogen and oxygen atoms in total. The minimum absolute atomic E-state index is 0.0899. The zero-order valence-electron chi connectivity index (χ0n) is 16.3. The summed E-state index contributed by atoms with van der Waals surface area (Å²) < 4.78 is 2.99. The van der Waals surface area contributed by atoms with Crippen molar-refractivity contribution in [2.75, 3.05) is 4.90 Å². The van der Waals surface area contributed by atoms with E-state index in [4.69, 9.17) is 0 Å². The highest BCUT2D eigenvalue weighted by atomic mass is 79.9. The van der Waals surface area contributed by atoms with E-state index in [1.165, 1.54) is 6.08 Å². The Balaban J connectivity index is 1.77. The van der Waals surface area contributed by atoms with Crippen molar-refractivity contribution in [3.8, 4) is 5.69 Å². The molecule has 4 rings (SSSR count). The number of carbonyl (C=O) groups excluding carboxylic acids is 3. The molecule has 0 bridgehead atoms. The summed E-state index contributed by atoms with van der Waals surface area (Å²) >= 11 is 3.48. The van der Waals surface area contributed by atoms with Crippen molar-refractivity contribution in [3.63, 3.8) is 0 Å². The summed E-state index contributed by atoms with van der Waals surface area (Å²) in [6, 6.07) is 17.5. The number of urea groups is 1. The van der Waals surface area contributed by atoms with Gasteiger partial charge in [0.25, 0.3) is 11.8 Å². The first-order chi connectivity index (χ1) is 14.4. The zero-order valence-corrected chi connectivity index (χ0v) is 17.9. The molecule has 3 aromatic rings. The Labute approximate surface area is 181 Å². The van der Waals surface area contributed by atoms with E-state index in [0.29, 0.717) is 5.69 Å². The van der Waals surface area contributed by atoms with Gasteiger partial charge in [0.1, 0.15) is 5.57 Å². The first-order valence-corrected chi connectivity index (χ1v) is 10.1. The number of imide groups is 2. The van der Waals surface area contributed by atoms with Crippen LogP contribution in [0.4, 0.5) is 10.5 Å². The maximum Gasteiger partial charge on any atom is 0.335 e. The molecule has 30 heavy (non-hydrogen) atoms. The molecule has 1 aliphatic rings. The molecule has 0 aliphatic carbocycles. The second-order valence-electron chi connectivity index (χ2n) is 6.94. The molecule has 1 aliphatic heterocycles. The van der Waals surface area contributed by atoms with Crippen LogP contribution in [0.3, 0.4) is 0 Å². The van der Waals surface area contributed by atoms with Crippen LogP contribution in [-0.2, 0) is 9.59 Å². The van der Waals surface area contributed by atoms with Crippen LogP contribution in [0, 0.1) is 13.8 Å². The third-order valence-corrected chi connectivity index (χ3v) is 5.45. The largest absolute Gasteiger partial charge is 0.335 e. The monoisotopic (exact) mass is 463 g/mol. The molecule has 0 atom stereocenters. The van der Waals surface area contributed by atoms with E-state index in [2.05, 4.69) is 21.2 Å². The van der Waals surface area contributed by atoms with Gasteiger partial charge in [0.2, 0.25) is 0 Å². The summed E-state index contributed by atoms with van der Waals surface area (Å²) in [5.41, 5.74) is 3.84. The van der Waals surface area contributed by atoms with Crippen LogP contribution in [0.1, 0.15) is 17.0 Å². The van der Waals surface area contributed by atoms with Gasteiger partial charge in [-0.15, -0.1) is 0 Å². The fourth-order valence-corrected chi connectivity index (χ4v) is 3.96. The van der Waals surface area contributed by atoms with Gasteiger partial charge in [0.15, 0.2) is 0 Å². The SMILES string of the molecule is Cc1cc(/C=C2\C(=O)NC(=O)N(c3ccccc3)C2=O)c(C)n1-c1cccc(Br)c1. The molecular formula is C23H18BrN3O3. The first-order valence-electron chi connectivity index (χ1n) is 9.28. The van der Waals surface area contributed by atoms with E-state index >= 15 is 0 Å². The standard InChI is InChI=1S/C23H18BrN3O3/c1-14-11-16(15(2)26(14)19-10-6-7-17(24)13-19)12-20-21(28)25-23(30)27(22(20)29)18-8-4-3-5-9-18/h3-13H,1-2H3,(H,25,28,30)/b20-12+. The van der Waals surface area contributed by atoms with E-state index < -0.39 is 17.8 Å². The number of benzene rings is 2. The molecule has 150 valence electrons. The van der Waals surface area contributed by atoms with Crippen LogP contribution in [0.2, 0.25) is 0 Å². The Bertz CT molecular complexity index is 1210. The molecule has 2 heterocycles. The van der Waals surface area contributed by atoms with Gasteiger partial charge in [0, 0.05) is 21.5 Å². The van der Waals surface area contributed by atoms with Gasteiger partial charge in [-0.2, -0.15) is 0 Å². The van der Waals surface area contributed by atoms with Crippen molar-refractivity contribution in [3.05, 3.63) is 87.7 Å². The lowest BCUT2D eigenvalue weighted by Crippen LogP contribution is -2.54. The van der Waals surface area contributed by atoms with Gasteiger partial charge in [-0.1, -0.05) is 40.2 Å². The molecule has 1 N–H and O–H groups in total. The van der Waals surface area contributed by atoms with Crippen LogP contribution >= 0.6 is 15.9 Å². The smallest absolute Gasteiger partial charge is 0.318 e. The van der Waals surface area contributed by atoms with Gasteiger partial charge < -0.3 is 4.57 Å². The number of nitrogens with zero attached hydrogens (tertiary/aromatic N) is 2. The number of carbonyl (C=O) groups is 3. The van der Waals surface area contributed by atoms with Gasteiger partial charge in [0.05, 0.1) is 5.69 Å². The Morgan fingerprint density at radius 1 is 0.900 bits per heavy atom. The van der Waals surface area contributed by atoms with Crippen LogP contribution in [-0.4, -0.2) is 22.4 Å². The van der Waals surface area contributed by atoms with E-state index in [-0.39, 0.29) is 5.57 Å². The van der Waals surface area contributed by atoms with E-state index in [1.807, 2.05) is 48.7 Å². The van der Waals surface area contributed by atoms with Crippen molar-refractivity contribution >= 4 is 45.5 Å². The number of aromatic nitrogens is 1. The van der Waals surface area contributed by atoms with Gasteiger partial charge in [-0.05, 0) is 61.9 Å². The molecule has 0 saturated carbocycles. The fourth-order valence-electron chi connectivity index (χ4n) is 3.57. The highest BCUT2D eigenvalue weighted by molar-refractivity contribution is 9.10. The summed E-state index contributed by atoms with van der Waals surface area (Å²) in [4.78, 5) is 38.8. The van der Waals surface area contributed by atoms with Crippen molar-refractivity contribution in [2.45, 2.75) is 13.8 Å². The Morgan fingerprint density at radius 3 is 2.30 bits per heavy atom. The minimum Gasteiger partial charge on any atom is -0.318 e. The molecule has 1 aromatic heterocycles.